The molecule has 0 amide bonds. The zero-order valence-electron chi connectivity index (χ0n) is 12.4. The second-order valence-electron chi connectivity index (χ2n) is 6.14. The molecule has 0 atom stereocenters. The van der Waals surface area contributed by atoms with Gasteiger partial charge in [0.25, 0.3) is 0 Å². The Bertz CT molecular complexity index is 433. The largest absolute Gasteiger partial charge is 0.492 e. The Labute approximate surface area is 125 Å². The van der Waals surface area contributed by atoms with E-state index in [2.05, 4.69) is 48.8 Å². The highest BCUT2D eigenvalue weighted by Crippen LogP contribution is 2.39. The molecule has 0 aromatic heterocycles. The molecule has 0 unspecified atom stereocenters. The minimum atomic E-state index is 0.348. The predicted molar refractivity (Wildman–Crippen MR) is 85.5 cm³/mol. The first-order valence-corrected chi connectivity index (χ1v) is 8.46. The summed E-state index contributed by atoms with van der Waals surface area (Å²) < 4.78 is 6.25. The van der Waals surface area contributed by atoms with Crippen LogP contribution >= 0.6 is 15.9 Å². The zero-order chi connectivity index (χ0) is 13.9. The second-order valence-corrected chi connectivity index (χ2v) is 6.70. The van der Waals surface area contributed by atoms with Gasteiger partial charge in [-0.05, 0) is 50.3 Å². The highest BCUT2D eigenvalue weighted by molar-refractivity contribution is 9.09. The molecule has 0 N–H and O–H groups in total. The molecule has 1 aromatic carbocycles. The van der Waals surface area contributed by atoms with E-state index in [0.717, 1.165) is 17.7 Å². The quantitative estimate of drug-likeness (QED) is 0.679. The Kier molecular flexibility index (Phi) is 4.94. The van der Waals surface area contributed by atoms with Crippen LogP contribution in [0, 0.1) is 26.2 Å². The Morgan fingerprint density at radius 3 is 2.32 bits per heavy atom. The van der Waals surface area contributed by atoms with Crippen LogP contribution in [0.3, 0.4) is 0 Å². The topological polar surface area (TPSA) is 9.23 Å². The third-order valence-electron chi connectivity index (χ3n) is 4.59. The van der Waals surface area contributed by atoms with E-state index in [-0.39, 0.29) is 0 Å². The van der Waals surface area contributed by atoms with Crippen molar-refractivity contribution in [3.63, 3.8) is 0 Å². The van der Waals surface area contributed by atoms with E-state index >= 15 is 0 Å². The maximum absolute atomic E-state index is 6.25. The zero-order valence-corrected chi connectivity index (χ0v) is 14.0. The molecular formula is C17H25BrO. The molecule has 1 saturated carbocycles. The predicted octanol–water partition coefficient (Wildman–Crippen LogP) is 5.34. The van der Waals surface area contributed by atoms with Crippen molar-refractivity contribution in [1.82, 2.24) is 0 Å². The summed E-state index contributed by atoms with van der Waals surface area (Å²) in [6, 6.07) is 4.34. The van der Waals surface area contributed by atoms with E-state index in [0.29, 0.717) is 5.41 Å². The summed E-state index contributed by atoms with van der Waals surface area (Å²) in [5.74, 6) is 1.10. The van der Waals surface area contributed by atoms with Crippen molar-refractivity contribution in [1.29, 1.82) is 0 Å². The minimum Gasteiger partial charge on any atom is -0.492 e. The Morgan fingerprint density at radius 2 is 1.68 bits per heavy atom. The first-order valence-electron chi connectivity index (χ1n) is 7.33. The smallest absolute Gasteiger partial charge is 0.125 e. The number of aryl methyl sites for hydroxylation is 2. The fourth-order valence-corrected chi connectivity index (χ4v) is 3.71. The van der Waals surface area contributed by atoms with Crippen molar-refractivity contribution in [3.05, 3.63) is 28.8 Å². The fourth-order valence-electron chi connectivity index (χ4n) is 2.99. The summed E-state index contributed by atoms with van der Waals surface area (Å²) in [5, 5.41) is 1.06. The van der Waals surface area contributed by atoms with Gasteiger partial charge < -0.3 is 4.74 Å². The van der Waals surface area contributed by atoms with Crippen LogP contribution in [0.2, 0.25) is 0 Å². The summed E-state index contributed by atoms with van der Waals surface area (Å²) in [6.45, 7) is 7.31. The Hall–Kier alpha value is -0.500. The lowest BCUT2D eigenvalue weighted by atomic mass is 9.76. The van der Waals surface area contributed by atoms with Gasteiger partial charge in [0.15, 0.2) is 0 Å². The third-order valence-corrected chi connectivity index (χ3v) is 5.78. The van der Waals surface area contributed by atoms with E-state index in [1.54, 1.807) is 0 Å². The molecule has 1 aliphatic carbocycles. The lowest BCUT2D eigenvalue weighted by Crippen LogP contribution is -2.33. The Morgan fingerprint density at radius 1 is 1.05 bits per heavy atom. The van der Waals surface area contributed by atoms with Gasteiger partial charge in [-0.25, -0.2) is 0 Å². The molecule has 106 valence electrons. The summed E-state index contributed by atoms with van der Waals surface area (Å²) >= 11 is 3.71. The van der Waals surface area contributed by atoms with E-state index in [4.69, 9.17) is 4.74 Å². The van der Waals surface area contributed by atoms with Crippen molar-refractivity contribution < 1.29 is 4.74 Å². The van der Waals surface area contributed by atoms with Crippen molar-refractivity contribution in [2.75, 3.05) is 11.9 Å². The molecule has 1 aliphatic rings. The van der Waals surface area contributed by atoms with Crippen molar-refractivity contribution in [2.45, 2.75) is 52.9 Å². The van der Waals surface area contributed by atoms with Crippen LogP contribution in [0.5, 0.6) is 5.75 Å². The molecule has 0 radical (unpaired) electrons. The maximum atomic E-state index is 6.25. The lowest BCUT2D eigenvalue weighted by molar-refractivity contribution is 0.121. The molecule has 0 spiro atoms. The lowest BCUT2D eigenvalue weighted by Gasteiger charge is -2.35. The van der Waals surface area contributed by atoms with Crippen LogP contribution in [-0.4, -0.2) is 11.9 Å². The maximum Gasteiger partial charge on any atom is 0.125 e. The fraction of sp³-hybridized carbons (Fsp3) is 0.647. The summed E-state index contributed by atoms with van der Waals surface area (Å²) in [4.78, 5) is 0. The normalized spacial score (nSPS) is 18.3. The van der Waals surface area contributed by atoms with Crippen LogP contribution in [0.15, 0.2) is 12.1 Å². The number of hydrogen-bond acceptors (Lipinski definition) is 1. The molecule has 1 aromatic rings. The van der Waals surface area contributed by atoms with Gasteiger partial charge in [0.05, 0.1) is 6.61 Å². The number of ether oxygens (including phenoxy) is 1. The second kappa shape index (κ2) is 6.30. The molecule has 0 saturated heterocycles. The number of benzene rings is 1. The molecular weight excluding hydrogens is 300 g/mol. The first kappa shape index (κ1) is 14.9. The molecule has 0 aliphatic heterocycles. The van der Waals surface area contributed by atoms with Crippen LogP contribution in [0.4, 0.5) is 0 Å². The van der Waals surface area contributed by atoms with Crippen molar-refractivity contribution in [2.24, 2.45) is 5.41 Å². The number of hydrogen-bond donors (Lipinski definition) is 0. The van der Waals surface area contributed by atoms with E-state index in [1.165, 1.54) is 48.8 Å². The van der Waals surface area contributed by atoms with Gasteiger partial charge in [-0.2, -0.15) is 0 Å². The monoisotopic (exact) mass is 324 g/mol. The molecule has 2 heteroatoms. The number of alkyl halides is 1. The van der Waals surface area contributed by atoms with Crippen LogP contribution < -0.4 is 4.74 Å². The summed E-state index contributed by atoms with van der Waals surface area (Å²) in [7, 11) is 0. The van der Waals surface area contributed by atoms with Gasteiger partial charge in [-0.1, -0.05) is 47.3 Å². The van der Waals surface area contributed by atoms with Gasteiger partial charge in [0.2, 0.25) is 0 Å². The van der Waals surface area contributed by atoms with Crippen LogP contribution in [-0.2, 0) is 0 Å². The number of rotatable bonds is 4. The van der Waals surface area contributed by atoms with E-state index in [1.807, 2.05) is 0 Å². The average Bonchev–Trinajstić information content (AvgIpc) is 2.44. The highest BCUT2D eigenvalue weighted by atomic mass is 79.9. The van der Waals surface area contributed by atoms with Gasteiger partial charge in [-0.15, -0.1) is 0 Å². The van der Waals surface area contributed by atoms with E-state index < -0.39 is 0 Å². The van der Waals surface area contributed by atoms with Gasteiger partial charge >= 0.3 is 0 Å². The average molecular weight is 325 g/mol. The third kappa shape index (κ3) is 3.34. The standard InChI is InChI=1S/C17H25BrO/c1-13-7-8-14(2)16(15(13)3)19-12-17(11-18)9-5-4-6-10-17/h7-8H,4-6,9-12H2,1-3H3. The molecule has 0 bridgehead atoms. The number of halogens is 1. The highest BCUT2D eigenvalue weighted by Gasteiger charge is 2.32. The first-order chi connectivity index (χ1) is 9.08. The Balaban J connectivity index is 2.11. The van der Waals surface area contributed by atoms with Crippen LogP contribution in [0.1, 0.15) is 48.8 Å². The van der Waals surface area contributed by atoms with E-state index in [9.17, 15) is 0 Å². The SMILES string of the molecule is Cc1ccc(C)c(OCC2(CBr)CCCCC2)c1C. The molecule has 1 fully saturated rings. The molecule has 2 rings (SSSR count). The van der Waals surface area contributed by atoms with Gasteiger partial charge in [-0.3, -0.25) is 0 Å². The van der Waals surface area contributed by atoms with Crippen LogP contribution in [0.25, 0.3) is 0 Å². The van der Waals surface area contributed by atoms with Gasteiger partial charge in [0, 0.05) is 10.7 Å². The molecule has 1 nitrogen and oxygen atoms in total. The summed E-state index contributed by atoms with van der Waals surface area (Å²) in [6.07, 6.45) is 6.67. The minimum absolute atomic E-state index is 0.348. The van der Waals surface area contributed by atoms with Gasteiger partial charge in [0.1, 0.15) is 5.75 Å². The molecule has 0 heterocycles. The van der Waals surface area contributed by atoms with Crippen molar-refractivity contribution >= 4 is 15.9 Å². The molecule has 19 heavy (non-hydrogen) atoms. The van der Waals surface area contributed by atoms with Crippen molar-refractivity contribution in [3.8, 4) is 5.75 Å². The summed E-state index contributed by atoms with van der Waals surface area (Å²) in [5.41, 5.74) is 4.21.